The highest BCUT2D eigenvalue weighted by Crippen LogP contribution is 2.20. The predicted octanol–water partition coefficient (Wildman–Crippen LogP) is -0.00610. The summed E-state index contributed by atoms with van der Waals surface area (Å²) in [5, 5.41) is 4.23. The monoisotopic (exact) mass is 334 g/mol. The first kappa shape index (κ1) is 15.9. The second-order valence-electron chi connectivity index (χ2n) is 5.31. The Morgan fingerprint density at radius 3 is 2.35 bits per heavy atom. The Morgan fingerprint density at radius 1 is 1.13 bits per heavy atom. The molecular weight excluding hydrogens is 316 g/mol. The molecule has 7 nitrogen and oxygen atoms in total. The summed E-state index contributed by atoms with van der Waals surface area (Å²) in [7, 11) is 0. The molecule has 2 aliphatic rings. The van der Waals surface area contributed by atoms with Gasteiger partial charge in [0, 0.05) is 26.2 Å². The molecule has 0 saturated carbocycles. The van der Waals surface area contributed by atoms with Gasteiger partial charge < -0.3 is 10.1 Å². The zero-order valence-corrected chi connectivity index (χ0v) is 13.4. The highest BCUT2D eigenvalue weighted by atomic mass is 32.1. The van der Waals surface area contributed by atoms with Gasteiger partial charge >= 0.3 is 0 Å². The maximum absolute atomic E-state index is 12.2. The minimum absolute atomic E-state index is 0.257. The fourth-order valence-corrected chi connectivity index (χ4v) is 2.78. The Balaban J connectivity index is 1.49. The number of nitrogens with zero attached hydrogens (tertiary/aromatic N) is 2. The van der Waals surface area contributed by atoms with Crippen molar-refractivity contribution < 1.29 is 14.3 Å². The number of carbonyl (C=O) groups is 2. The maximum Gasteiger partial charge on any atom is 0.280 e. The van der Waals surface area contributed by atoms with Crippen molar-refractivity contribution in [1.29, 1.82) is 0 Å². The lowest BCUT2D eigenvalue weighted by Crippen LogP contribution is -2.51. The summed E-state index contributed by atoms with van der Waals surface area (Å²) in [6.45, 7) is 4.76. The van der Waals surface area contributed by atoms with E-state index in [0.717, 1.165) is 37.9 Å². The summed E-state index contributed by atoms with van der Waals surface area (Å²) in [6.07, 6.45) is 0. The number of nitrogens with one attached hydrogen (secondary N) is 2. The summed E-state index contributed by atoms with van der Waals surface area (Å²) >= 11 is 5.16. The molecule has 0 radical (unpaired) electrons. The van der Waals surface area contributed by atoms with Crippen LogP contribution in [-0.4, -0.2) is 66.2 Å². The van der Waals surface area contributed by atoms with Gasteiger partial charge in [-0.2, -0.15) is 5.01 Å². The first-order chi connectivity index (χ1) is 11.2. The third-order valence-corrected chi connectivity index (χ3v) is 4.06. The van der Waals surface area contributed by atoms with Crippen molar-refractivity contribution in [3.05, 3.63) is 35.4 Å². The van der Waals surface area contributed by atoms with Gasteiger partial charge in [0.05, 0.1) is 24.3 Å². The smallest absolute Gasteiger partial charge is 0.280 e. The van der Waals surface area contributed by atoms with E-state index in [2.05, 4.69) is 15.6 Å². The third kappa shape index (κ3) is 3.49. The van der Waals surface area contributed by atoms with Crippen molar-refractivity contribution in [2.75, 3.05) is 39.4 Å². The summed E-state index contributed by atoms with van der Waals surface area (Å²) in [5.74, 6) is -0.772. The summed E-state index contributed by atoms with van der Waals surface area (Å²) < 4.78 is 5.29. The van der Waals surface area contributed by atoms with Gasteiger partial charge in [0.25, 0.3) is 11.8 Å². The van der Waals surface area contributed by atoms with Gasteiger partial charge in [-0.3, -0.25) is 19.9 Å². The Hall–Kier alpha value is -2.03. The van der Waals surface area contributed by atoms with E-state index >= 15 is 0 Å². The van der Waals surface area contributed by atoms with E-state index in [1.807, 2.05) is 0 Å². The van der Waals surface area contributed by atoms with Crippen LogP contribution in [0.2, 0.25) is 0 Å². The van der Waals surface area contributed by atoms with Gasteiger partial charge in [-0.1, -0.05) is 12.1 Å². The van der Waals surface area contributed by atoms with E-state index in [1.165, 1.54) is 0 Å². The predicted molar refractivity (Wildman–Crippen MR) is 87.9 cm³/mol. The maximum atomic E-state index is 12.2. The van der Waals surface area contributed by atoms with Gasteiger partial charge in [-0.15, -0.1) is 0 Å². The molecule has 0 bridgehead atoms. The van der Waals surface area contributed by atoms with Crippen LogP contribution >= 0.6 is 12.2 Å². The minimum Gasteiger partial charge on any atom is -0.379 e. The van der Waals surface area contributed by atoms with Crippen LogP contribution in [0.4, 0.5) is 0 Å². The molecule has 2 aliphatic heterocycles. The van der Waals surface area contributed by atoms with Crippen molar-refractivity contribution in [1.82, 2.24) is 20.7 Å². The van der Waals surface area contributed by atoms with Gasteiger partial charge in [-0.05, 0) is 24.4 Å². The van der Waals surface area contributed by atoms with Crippen LogP contribution in [0.1, 0.15) is 20.7 Å². The van der Waals surface area contributed by atoms with Crippen molar-refractivity contribution in [3.63, 3.8) is 0 Å². The number of fused-ring (bicyclic) bond motifs is 1. The lowest BCUT2D eigenvalue weighted by Gasteiger charge is -2.27. The fraction of sp³-hybridized carbons (Fsp3) is 0.400. The Kier molecular flexibility index (Phi) is 4.85. The van der Waals surface area contributed by atoms with E-state index in [1.54, 1.807) is 24.3 Å². The number of carbonyl (C=O) groups excluding carboxylic acids is 2. The molecule has 1 aromatic carbocycles. The molecule has 0 atom stereocenters. The summed E-state index contributed by atoms with van der Waals surface area (Å²) in [4.78, 5) is 26.7. The first-order valence-corrected chi connectivity index (χ1v) is 7.90. The molecular formula is C15H18N4O3S. The number of rotatable bonds is 4. The van der Waals surface area contributed by atoms with Crippen molar-refractivity contribution in [2.24, 2.45) is 0 Å². The zero-order chi connectivity index (χ0) is 16.2. The van der Waals surface area contributed by atoms with Crippen molar-refractivity contribution >= 4 is 29.1 Å². The minimum atomic E-state index is -0.386. The highest BCUT2D eigenvalue weighted by Gasteiger charge is 2.35. The van der Waals surface area contributed by atoms with E-state index in [-0.39, 0.29) is 16.9 Å². The molecule has 0 aromatic heterocycles. The van der Waals surface area contributed by atoms with Crippen molar-refractivity contribution in [3.8, 4) is 0 Å². The SMILES string of the molecule is O=C1c2ccccc2C(=O)N1NC(=S)NCCN1CCOCC1. The van der Waals surface area contributed by atoms with Gasteiger partial charge in [0.1, 0.15) is 0 Å². The highest BCUT2D eigenvalue weighted by molar-refractivity contribution is 7.80. The molecule has 2 amide bonds. The summed E-state index contributed by atoms with van der Waals surface area (Å²) in [6, 6.07) is 6.72. The molecule has 1 saturated heterocycles. The van der Waals surface area contributed by atoms with Crippen molar-refractivity contribution in [2.45, 2.75) is 0 Å². The molecule has 3 rings (SSSR count). The second-order valence-corrected chi connectivity index (χ2v) is 5.72. The number of hydrogen-bond donors (Lipinski definition) is 2. The van der Waals surface area contributed by atoms with Crippen LogP contribution in [0, 0.1) is 0 Å². The van der Waals surface area contributed by atoms with Gasteiger partial charge in [0.2, 0.25) is 0 Å². The molecule has 8 heteroatoms. The molecule has 0 aliphatic carbocycles. The largest absolute Gasteiger partial charge is 0.379 e. The number of hydrazine groups is 1. The quantitative estimate of drug-likeness (QED) is 0.593. The molecule has 2 N–H and O–H groups in total. The van der Waals surface area contributed by atoms with Gasteiger partial charge in [-0.25, -0.2) is 0 Å². The average Bonchev–Trinajstić information content (AvgIpc) is 2.81. The topological polar surface area (TPSA) is 73.9 Å². The van der Waals surface area contributed by atoms with Crippen LogP contribution < -0.4 is 10.7 Å². The molecule has 122 valence electrons. The number of imide groups is 1. The molecule has 1 aromatic rings. The average molecular weight is 334 g/mol. The molecule has 0 spiro atoms. The lowest BCUT2D eigenvalue weighted by molar-refractivity contribution is 0.0388. The summed E-state index contributed by atoms with van der Waals surface area (Å²) in [5.41, 5.74) is 3.45. The molecule has 2 heterocycles. The van der Waals surface area contributed by atoms with E-state index in [4.69, 9.17) is 17.0 Å². The molecule has 1 fully saturated rings. The number of morpholine rings is 1. The Morgan fingerprint density at radius 2 is 1.74 bits per heavy atom. The van der Waals surface area contributed by atoms with Crippen LogP contribution in [-0.2, 0) is 4.74 Å². The van der Waals surface area contributed by atoms with Crippen LogP contribution in [0.3, 0.4) is 0 Å². The number of hydrogen-bond acceptors (Lipinski definition) is 5. The van der Waals surface area contributed by atoms with E-state index in [9.17, 15) is 9.59 Å². The number of ether oxygens (including phenoxy) is 1. The first-order valence-electron chi connectivity index (χ1n) is 7.49. The number of amides is 2. The fourth-order valence-electron chi connectivity index (χ4n) is 2.58. The Labute approximate surface area is 139 Å². The van der Waals surface area contributed by atoms with Crippen LogP contribution in [0.15, 0.2) is 24.3 Å². The normalized spacial score (nSPS) is 18.0. The zero-order valence-electron chi connectivity index (χ0n) is 12.6. The molecule has 23 heavy (non-hydrogen) atoms. The third-order valence-electron chi connectivity index (χ3n) is 3.82. The molecule has 0 unspecified atom stereocenters. The van der Waals surface area contributed by atoms with E-state index < -0.39 is 0 Å². The number of benzene rings is 1. The standard InChI is InChI=1S/C15H18N4O3S/c20-13-11-3-1-2-4-12(11)14(21)19(13)17-15(23)16-5-6-18-7-9-22-10-8-18/h1-4H,5-10H2,(H2,16,17,23). The second kappa shape index (κ2) is 7.03. The van der Waals surface area contributed by atoms with Crippen LogP contribution in [0.5, 0.6) is 0 Å². The Bertz CT molecular complexity index is 596. The number of thiocarbonyl (C=S) groups is 1. The van der Waals surface area contributed by atoms with E-state index in [0.29, 0.717) is 17.7 Å². The van der Waals surface area contributed by atoms with Crippen LogP contribution in [0.25, 0.3) is 0 Å². The van der Waals surface area contributed by atoms with Gasteiger partial charge in [0.15, 0.2) is 5.11 Å². The lowest BCUT2D eigenvalue weighted by atomic mass is 10.1.